The average Bonchev–Trinajstić information content (AvgIpc) is 3.21. The second-order valence-corrected chi connectivity index (χ2v) is 7.94. The minimum atomic E-state index is 0.135. The third-order valence-electron chi connectivity index (χ3n) is 5.61. The molecule has 1 aliphatic heterocycles. The first-order valence-electron chi connectivity index (χ1n) is 9.85. The topological polar surface area (TPSA) is 47.4 Å². The Hall–Kier alpha value is -2.82. The number of aryl methyl sites for hydroxylation is 3. The van der Waals surface area contributed by atoms with Crippen molar-refractivity contribution in [1.82, 2.24) is 14.5 Å². The molecule has 146 valence electrons. The summed E-state index contributed by atoms with van der Waals surface area (Å²) < 4.78 is 7.83. The standard InChI is InChI=1S/C23H27N3O2/c1-15-9-20-21(10-16(15)2)26(14-24-20)8-7-23(27)25(4)13-18-5-6-22-19(12-18)11-17(3)28-22/h5-6,9-10,12,14,17H,7-8,11,13H2,1-4H3/t17-/m0/s1. The van der Waals surface area contributed by atoms with Gasteiger partial charge in [0.25, 0.3) is 0 Å². The molecule has 0 N–H and O–H groups in total. The summed E-state index contributed by atoms with van der Waals surface area (Å²) in [5.74, 6) is 1.11. The number of amides is 1. The van der Waals surface area contributed by atoms with Crippen LogP contribution in [0.2, 0.25) is 0 Å². The van der Waals surface area contributed by atoms with E-state index < -0.39 is 0 Å². The first-order chi connectivity index (χ1) is 13.4. The van der Waals surface area contributed by atoms with E-state index in [1.165, 1.54) is 16.7 Å². The number of rotatable bonds is 5. The Morgan fingerprint density at radius 3 is 2.86 bits per heavy atom. The molecule has 5 nitrogen and oxygen atoms in total. The lowest BCUT2D eigenvalue weighted by Gasteiger charge is -2.18. The van der Waals surface area contributed by atoms with Crippen LogP contribution in [0.25, 0.3) is 11.0 Å². The van der Waals surface area contributed by atoms with Crippen LogP contribution in [0.15, 0.2) is 36.7 Å². The maximum Gasteiger partial charge on any atom is 0.224 e. The Morgan fingerprint density at radius 1 is 1.25 bits per heavy atom. The predicted octanol–water partition coefficient (Wildman–Crippen LogP) is 4.03. The molecule has 1 aromatic heterocycles. The fraction of sp³-hybridized carbons (Fsp3) is 0.391. The zero-order valence-corrected chi connectivity index (χ0v) is 17.0. The minimum absolute atomic E-state index is 0.135. The zero-order valence-electron chi connectivity index (χ0n) is 17.0. The van der Waals surface area contributed by atoms with Crippen molar-refractivity contribution >= 4 is 16.9 Å². The molecule has 0 aliphatic carbocycles. The van der Waals surface area contributed by atoms with E-state index in [9.17, 15) is 4.79 Å². The molecular formula is C23H27N3O2. The maximum atomic E-state index is 12.7. The Bertz CT molecular complexity index is 1040. The Labute approximate surface area is 165 Å². The van der Waals surface area contributed by atoms with Gasteiger partial charge in [-0.3, -0.25) is 4.79 Å². The molecule has 4 rings (SSSR count). The third kappa shape index (κ3) is 3.61. The summed E-state index contributed by atoms with van der Waals surface area (Å²) in [6.07, 6.45) is 3.47. The monoisotopic (exact) mass is 377 g/mol. The van der Waals surface area contributed by atoms with Crippen LogP contribution in [0.1, 0.15) is 35.6 Å². The summed E-state index contributed by atoms with van der Waals surface area (Å²) in [5, 5.41) is 0. The van der Waals surface area contributed by atoms with E-state index in [4.69, 9.17) is 4.74 Å². The van der Waals surface area contributed by atoms with Crippen LogP contribution in [-0.4, -0.2) is 33.5 Å². The number of hydrogen-bond donors (Lipinski definition) is 0. The lowest BCUT2D eigenvalue weighted by Crippen LogP contribution is -2.27. The Morgan fingerprint density at radius 2 is 2.04 bits per heavy atom. The number of hydrogen-bond acceptors (Lipinski definition) is 3. The molecule has 0 fully saturated rings. The van der Waals surface area contributed by atoms with Gasteiger partial charge in [0.1, 0.15) is 11.9 Å². The van der Waals surface area contributed by atoms with Crippen molar-refractivity contribution < 1.29 is 9.53 Å². The summed E-state index contributed by atoms with van der Waals surface area (Å²) in [6, 6.07) is 10.5. The Balaban J connectivity index is 1.39. The van der Waals surface area contributed by atoms with Gasteiger partial charge in [0.15, 0.2) is 0 Å². The summed E-state index contributed by atoms with van der Waals surface area (Å²) in [4.78, 5) is 18.9. The minimum Gasteiger partial charge on any atom is -0.490 e. The number of imidazole rings is 1. The van der Waals surface area contributed by atoms with Crippen LogP contribution in [0.5, 0.6) is 5.75 Å². The zero-order chi connectivity index (χ0) is 19.8. The molecule has 0 unspecified atom stereocenters. The lowest BCUT2D eigenvalue weighted by atomic mass is 10.1. The molecule has 0 saturated heterocycles. The molecule has 2 heterocycles. The second-order valence-electron chi connectivity index (χ2n) is 7.94. The molecule has 0 spiro atoms. The molecule has 28 heavy (non-hydrogen) atoms. The summed E-state index contributed by atoms with van der Waals surface area (Å²) in [6.45, 7) is 7.53. The molecule has 3 aromatic rings. The van der Waals surface area contributed by atoms with Gasteiger partial charge in [-0.2, -0.15) is 0 Å². The van der Waals surface area contributed by atoms with Crippen molar-refractivity contribution in [3.8, 4) is 5.75 Å². The van der Waals surface area contributed by atoms with Gasteiger partial charge >= 0.3 is 0 Å². The van der Waals surface area contributed by atoms with Crippen LogP contribution < -0.4 is 4.74 Å². The lowest BCUT2D eigenvalue weighted by molar-refractivity contribution is -0.130. The number of ether oxygens (including phenoxy) is 1. The van der Waals surface area contributed by atoms with Crippen molar-refractivity contribution in [3.05, 3.63) is 58.9 Å². The van der Waals surface area contributed by atoms with Crippen molar-refractivity contribution in [3.63, 3.8) is 0 Å². The van der Waals surface area contributed by atoms with E-state index in [0.29, 0.717) is 19.5 Å². The quantitative estimate of drug-likeness (QED) is 0.675. The fourth-order valence-electron chi connectivity index (χ4n) is 3.83. The van der Waals surface area contributed by atoms with E-state index in [2.05, 4.69) is 54.6 Å². The van der Waals surface area contributed by atoms with E-state index in [-0.39, 0.29) is 12.0 Å². The molecule has 1 atom stereocenters. The molecule has 0 bridgehead atoms. The average molecular weight is 377 g/mol. The first-order valence-corrected chi connectivity index (χ1v) is 9.85. The smallest absolute Gasteiger partial charge is 0.224 e. The number of nitrogens with zero attached hydrogens (tertiary/aromatic N) is 3. The van der Waals surface area contributed by atoms with E-state index in [1.807, 2.05) is 19.4 Å². The van der Waals surface area contributed by atoms with Crippen LogP contribution >= 0.6 is 0 Å². The number of carbonyl (C=O) groups is 1. The highest BCUT2D eigenvalue weighted by molar-refractivity contribution is 5.78. The number of benzene rings is 2. The SMILES string of the molecule is Cc1cc2ncn(CCC(=O)N(C)Cc3ccc4c(c3)C[C@H](C)O4)c2cc1C. The van der Waals surface area contributed by atoms with Gasteiger partial charge in [-0.25, -0.2) is 4.98 Å². The predicted molar refractivity (Wildman–Crippen MR) is 111 cm³/mol. The van der Waals surface area contributed by atoms with Gasteiger partial charge in [-0.1, -0.05) is 12.1 Å². The molecule has 0 radical (unpaired) electrons. The first kappa shape index (κ1) is 18.5. The highest BCUT2D eigenvalue weighted by Crippen LogP contribution is 2.29. The van der Waals surface area contributed by atoms with Gasteiger partial charge in [0, 0.05) is 33.0 Å². The summed E-state index contributed by atoms with van der Waals surface area (Å²) in [5.41, 5.74) is 6.94. The number of aromatic nitrogens is 2. The van der Waals surface area contributed by atoms with Crippen LogP contribution in [0.4, 0.5) is 0 Å². The van der Waals surface area contributed by atoms with Crippen LogP contribution in [0.3, 0.4) is 0 Å². The van der Waals surface area contributed by atoms with E-state index in [1.54, 1.807) is 4.90 Å². The van der Waals surface area contributed by atoms with Crippen molar-refractivity contribution in [2.75, 3.05) is 7.05 Å². The molecule has 1 aliphatic rings. The second kappa shape index (κ2) is 7.30. The van der Waals surface area contributed by atoms with Gasteiger partial charge in [0.05, 0.1) is 17.4 Å². The number of carbonyl (C=O) groups excluding carboxylic acids is 1. The van der Waals surface area contributed by atoms with Gasteiger partial charge in [-0.15, -0.1) is 0 Å². The highest BCUT2D eigenvalue weighted by Gasteiger charge is 2.19. The van der Waals surface area contributed by atoms with Crippen molar-refractivity contribution in [2.24, 2.45) is 0 Å². The highest BCUT2D eigenvalue weighted by atomic mass is 16.5. The molecule has 0 saturated carbocycles. The Kier molecular flexibility index (Phi) is 4.84. The van der Waals surface area contributed by atoms with Crippen LogP contribution in [-0.2, 0) is 24.3 Å². The normalized spacial score (nSPS) is 15.5. The fourth-order valence-corrected chi connectivity index (χ4v) is 3.83. The van der Waals surface area contributed by atoms with Gasteiger partial charge < -0.3 is 14.2 Å². The van der Waals surface area contributed by atoms with Gasteiger partial charge in [-0.05, 0) is 61.2 Å². The third-order valence-corrected chi connectivity index (χ3v) is 5.61. The van der Waals surface area contributed by atoms with Gasteiger partial charge in [0.2, 0.25) is 5.91 Å². The van der Waals surface area contributed by atoms with Crippen molar-refractivity contribution in [1.29, 1.82) is 0 Å². The summed E-state index contributed by atoms with van der Waals surface area (Å²) >= 11 is 0. The molecule has 2 aromatic carbocycles. The molecule has 5 heteroatoms. The van der Waals surface area contributed by atoms with E-state index >= 15 is 0 Å². The summed E-state index contributed by atoms with van der Waals surface area (Å²) in [7, 11) is 1.87. The number of fused-ring (bicyclic) bond motifs is 2. The largest absolute Gasteiger partial charge is 0.490 e. The van der Waals surface area contributed by atoms with Crippen LogP contribution in [0, 0.1) is 13.8 Å². The van der Waals surface area contributed by atoms with E-state index in [0.717, 1.165) is 28.8 Å². The van der Waals surface area contributed by atoms with Crippen molar-refractivity contribution in [2.45, 2.75) is 52.8 Å². The molecule has 1 amide bonds. The molecular weight excluding hydrogens is 350 g/mol. The maximum absolute atomic E-state index is 12.7.